The lowest BCUT2D eigenvalue weighted by atomic mass is 9.99. The molecule has 1 aromatic rings. The van der Waals surface area contributed by atoms with Gasteiger partial charge in [0.25, 0.3) is 0 Å². The molecule has 1 amide bonds. The van der Waals surface area contributed by atoms with E-state index in [1.54, 1.807) is 18.2 Å². The Morgan fingerprint density at radius 3 is 2.59 bits per heavy atom. The minimum Gasteiger partial charge on any atom is -0.497 e. The van der Waals surface area contributed by atoms with E-state index >= 15 is 0 Å². The highest BCUT2D eigenvalue weighted by Crippen LogP contribution is 2.33. The van der Waals surface area contributed by atoms with Crippen molar-refractivity contribution >= 4 is 21.6 Å². The van der Waals surface area contributed by atoms with E-state index in [4.69, 9.17) is 9.47 Å². The Balaban J connectivity index is 2.20. The molecule has 0 spiro atoms. The van der Waals surface area contributed by atoms with E-state index in [9.17, 15) is 13.2 Å². The molecule has 1 aliphatic heterocycles. The first kappa shape index (κ1) is 21.3. The molecule has 1 saturated heterocycles. The molecule has 1 atom stereocenters. The highest BCUT2D eigenvalue weighted by atomic mass is 32.2. The van der Waals surface area contributed by atoms with Crippen LogP contribution in [0.4, 0.5) is 5.69 Å². The van der Waals surface area contributed by atoms with Crippen molar-refractivity contribution in [3.63, 3.8) is 0 Å². The van der Waals surface area contributed by atoms with Crippen LogP contribution in [0.3, 0.4) is 0 Å². The summed E-state index contributed by atoms with van der Waals surface area (Å²) in [5, 5.41) is 0. The zero-order valence-corrected chi connectivity index (χ0v) is 17.4. The van der Waals surface area contributed by atoms with Gasteiger partial charge < -0.3 is 14.4 Å². The molecule has 8 heteroatoms. The Bertz CT molecular complexity index is 750. The lowest BCUT2D eigenvalue weighted by Crippen LogP contribution is -2.44. The number of likely N-dealkylation sites (tertiary alicyclic amines) is 1. The molecule has 0 saturated carbocycles. The fourth-order valence-electron chi connectivity index (χ4n) is 3.55. The van der Waals surface area contributed by atoms with Crippen LogP contribution in [0.5, 0.6) is 11.5 Å². The maximum absolute atomic E-state index is 12.7. The van der Waals surface area contributed by atoms with Gasteiger partial charge >= 0.3 is 0 Å². The van der Waals surface area contributed by atoms with Crippen LogP contribution in [0.2, 0.25) is 0 Å². The van der Waals surface area contributed by atoms with E-state index in [1.165, 1.54) is 18.5 Å². The number of sulfonamides is 1. The first-order chi connectivity index (χ1) is 12.8. The molecule has 1 unspecified atom stereocenters. The lowest BCUT2D eigenvalue weighted by Gasteiger charge is -2.36. The van der Waals surface area contributed by atoms with Crippen molar-refractivity contribution in [2.75, 3.05) is 37.9 Å². The van der Waals surface area contributed by atoms with E-state index < -0.39 is 10.0 Å². The fraction of sp³-hybridized carbons (Fsp3) is 0.632. The van der Waals surface area contributed by atoms with Gasteiger partial charge in [-0.15, -0.1) is 0 Å². The number of carbonyl (C=O) groups is 1. The standard InChI is InChI=1S/C19H30N2O5S/c1-5-15-8-6-7-12-20(15)19(22)11-13-21(27(4,23)24)17-10-9-16(25-2)14-18(17)26-3/h9-10,14-15H,5-8,11-13H2,1-4H3. The number of carbonyl (C=O) groups excluding carboxylic acids is 1. The van der Waals surface area contributed by atoms with E-state index in [2.05, 4.69) is 6.92 Å². The zero-order valence-electron chi connectivity index (χ0n) is 16.6. The maximum atomic E-state index is 12.7. The van der Waals surface area contributed by atoms with E-state index in [0.717, 1.165) is 38.5 Å². The molecule has 0 radical (unpaired) electrons. The van der Waals surface area contributed by atoms with Gasteiger partial charge in [-0.1, -0.05) is 6.92 Å². The minimum absolute atomic E-state index is 0.00248. The summed E-state index contributed by atoms with van der Waals surface area (Å²) in [6, 6.07) is 5.20. The second-order valence-corrected chi connectivity index (χ2v) is 8.67. The number of methoxy groups -OCH3 is 2. The van der Waals surface area contributed by atoms with Crippen molar-refractivity contribution < 1.29 is 22.7 Å². The van der Waals surface area contributed by atoms with Crippen LogP contribution in [0.1, 0.15) is 39.0 Å². The SMILES string of the molecule is CCC1CCCCN1C(=O)CCN(c1ccc(OC)cc1OC)S(C)(=O)=O. The number of amides is 1. The van der Waals surface area contributed by atoms with Crippen molar-refractivity contribution in [2.45, 2.75) is 45.1 Å². The predicted octanol–water partition coefficient (Wildman–Crippen LogP) is 2.65. The van der Waals surface area contributed by atoms with Crippen LogP contribution >= 0.6 is 0 Å². The Morgan fingerprint density at radius 1 is 1.26 bits per heavy atom. The third-order valence-corrected chi connectivity index (χ3v) is 6.18. The molecule has 0 bridgehead atoms. The molecule has 0 N–H and O–H groups in total. The predicted molar refractivity (Wildman–Crippen MR) is 106 cm³/mol. The molecule has 0 aliphatic carbocycles. The first-order valence-electron chi connectivity index (χ1n) is 9.31. The van der Waals surface area contributed by atoms with Gasteiger partial charge in [0.05, 0.1) is 26.2 Å². The van der Waals surface area contributed by atoms with Gasteiger partial charge in [0.2, 0.25) is 15.9 Å². The van der Waals surface area contributed by atoms with Crippen molar-refractivity contribution in [1.82, 2.24) is 4.90 Å². The highest BCUT2D eigenvalue weighted by molar-refractivity contribution is 7.92. The average Bonchev–Trinajstić information content (AvgIpc) is 2.66. The second-order valence-electron chi connectivity index (χ2n) is 6.77. The van der Waals surface area contributed by atoms with E-state index in [-0.39, 0.29) is 24.9 Å². The molecule has 1 fully saturated rings. The summed E-state index contributed by atoms with van der Waals surface area (Å²) < 4.78 is 36.5. The van der Waals surface area contributed by atoms with Gasteiger partial charge in [-0.2, -0.15) is 0 Å². The zero-order chi connectivity index (χ0) is 20.0. The van der Waals surface area contributed by atoms with Crippen molar-refractivity contribution in [1.29, 1.82) is 0 Å². The van der Waals surface area contributed by atoms with Crippen LogP contribution in [0.25, 0.3) is 0 Å². The summed E-state index contributed by atoms with van der Waals surface area (Å²) in [7, 11) is -0.566. The number of anilines is 1. The molecule has 1 aliphatic rings. The third-order valence-electron chi connectivity index (χ3n) is 5.00. The third kappa shape index (κ3) is 5.28. The number of rotatable bonds is 8. The molecule has 152 valence electrons. The topological polar surface area (TPSA) is 76.2 Å². The molecule has 27 heavy (non-hydrogen) atoms. The average molecular weight is 399 g/mol. The normalized spacial score (nSPS) is 17.5. The van der Waals surface area contributed by atoms with Crippen LogP contribution in [-0.4, -0.2) is 58.8 Å². The first-order valence-corrected chi connectivity index (χ1v) is 11.2. The quantitative estimate of drug-likeness (QED) is 0.673. The number of hydrogen-bond donors (Lipinski definition) is 0. The molecular weight excluding hydrogens is 368 g/mol. The Kier molecular flexibility index (Phi) is 7.35. The molecule has 0 aromatic heterocycles. The summed E-state index contributed by atoms with van der Waals surface area (Å²) >= 11 is 0. The molecule has 1 heterocycles. The van der Waals surface area contributed by atoms with Crippen molar-refractivity contribution in [2.24, 2.45) is 0 Å². The van der Waals surface area contributed by atoms with E-state index in [0.29, 0.717) is 17.2 Å². The van der Waals surface area contributed by atoms with Crippen LogP contribution < -0.4 is 13.8 Å². The Labute approximate surface area is 162 Å². The van der Waals surface area contributed by atoms with E-state index in [1.807, 2.05) is 4.90 Å². The van der Waals surface area contributed by atoms with Crippen molar-refractivity contribution in [3.8, 4) is 11.5 Å². The monoisotopic (exact) mass is 398 g/mol. The summed E-state index contributed by atoms with van der Waals surface area (Å²) in [4.78, 5) is 14.7. The Hall–Kier alpha value is -1.96. The molecule has 2 rings (SSSR count). The van der Waals surface area contributed by atoms with Crippen LogP contribution in [-0.2, 0) is 14.8 Å². The minimum atomic E-state index is -3.57. The smallest absolute Gasteiger partial charge is 0.232 e. The number of piperidine rings is 1. The highest BCUT2D eigenvalue weighted by Gasteiger charge is 2.27. The molecule has 7 nitrogen and oxygen atoms in total. The lowest BCUT2D eigenvalue weighted by molar-refractivity contribution is -0.134. The number of nitrogens with zero attached hydrogens (tertiary/aromatic N) is 2. The van der Waals surface area contributed by atoms with Gasteiger partial charge in [0.15, 0.2) is 0 Å². The molecule has 1 aromatic carbocycles. The summed E-state index contributed by atoms with van der Waals surface area (Å²) in [5.41, 5.74) is 0.402. The van der Waals surface area contributed by atoms with Crippen LogP contribution in [0, 0.1) is 0 Å². The number of benzene rings is 1. The molecular formula is C19H30N2O5S. The number of hydrogen-bond acceptors (Lipinski definition) is 5. The summed E-state index contributed by atoms with van der Waals surface area (Å²) in [6.45, 7) is 2.91. The Morgan fingerprint density at radius 2 is 2.00 bits per heavy atom. The van der Waals surface area contributed by atoms with Gasteiger partial charge in [-0.05, 0) is 37.8 Å². The summed E-state index contributed by atoms with van der Waals surface area (Å²) in [5.74, 6) is 0.957. The van der Waals surface area contributed by atoms with Crippen LogP contribution in [0.15, 0.2) is 18.2 Å². The maximum Gasteiger partial charge on any atom is 0.232 e. The fourth-order valence-corrected chi connectivity index (χ4v) is 4.48. The second kappa shape index (κ2) is 9.30. The van der Waals surface area contributed by atoms with Crippen molar-refractivity contribution in [3.05, 3.63) is 18.2 Å². The number of ether oxygens (including phenoxy) is 2. The summed E-state index contributed by atoms with van der Waals surface area (Å²) in [6.07, 6.45) is 5.36. The van der Waals surface area contributed by atoms with Gasteiger partial charge in [0.1, 0.15) is 11.5 Å². The van der Waals surface area contributed by atoms with Gasteiger partial charge in [-0.25, -0.2) is 8.42 Å². The largest absolute Gasteiger partial charge is 0.497 e. The van der Waals surface area contributed by atoms with Gasteiger partial charge in [-0.3, -0.25) is 9.10 Å². The van der Waals surface area contributed by atoms with Gasteiger partial charge in [0, 0.05) is 31.6 Å².